The first-order valence-electron chi connectivity index (χ1n) is 12.7. The fourth-order valence-electron chi connectivity index (χ4n) is 5.77. The predicted molar refractivity (Wildman–Crippen MR) is 158 cm³/mol. The van der Waals surface area contributed by atoms with Crippen molar-refractivity contribution in [2.45, 2.75) is 26.4 Å². The molecule has 180 valence electrons. The Labute approximate surface area is 215 Å². The van der Waals surface area contributed by atoms with Gasteiger partial charge < -0.3 is 0 Å². The van der Waals surface area contributed by atoms with Crippen molar-refractivity contribution in [3.8, 4) is 0 Å². The molecule has 0 N–H and O–H groups in total. The van der Waals surface area contributed by atoms with Crippen LogP contribution in [0.25, 0.3) is 6.08 Å². The van der Waals surface area contributed by atoms with Crippen LogP contribution in [-0.2, 0) is 4.52 Å². The van der Waals surface area contributed by atoms with Gasteiger partial charge in [0.25, 0.3) is 0 Å². The standard InChI is InChI=1S/C34H33OP/c1-3-17-32-33(27-26-28-18-9-5-10-19-28)35-36(34(32)4-2,29-20-11-6-12-21-29,30-22-13-7-14-23-30)31-24-15-8-16-25-31/h3,5-27,33H,4H2,1-2H3. The molecule has 4 aromatic rings. The van der Waals surface area contributed by atoms with Crippen LogP contribution in [0.1, 0.15) is 25.8 Å². The molecule has 0 aliphatic carbocycles. The molecule has 0 fully saturated rings. The van der Waals surface area contributed by atoms with E-state index in [-0.39, 0.29) is 6.10 Å². The normalized spacial score (nSPS) is 19.9. The minimum atomic E-state index is -3.49. The average molecular weight is 489 g/mol. The number of benzene rings is 4. The number of allylic oxidation sites excluding steroid dienone is 2. The van der Waals surface area contributed by atoms with Gasteiger partial charge in [-0.3, -0.25) is 0 Å². The molecule has 0 saturated carbocycles. The van der Waals surface area contributed by atoms with Gasteiger partial charge in [-0.1, -0.05) is 0 Å². The number of rotatable bonds is 7. The van der Waals surface area contributed by atoms with Gasteiger partial charge in [-0.2, -0.15) is 0 Å². The molecule has 0 spiro atoms. The summed E-state index contributed by atoms with van der Waals surface area (Å²) in [7, 11) is 0. The topological polar surface area (TPSA) is 9.23 Å². The van der Waals surface area contributed by atoms with E-state index in [1.54, 1.807) is 0 Å². The van der Waals surface area contributed by atoms with Crippen LogP contribution in [0.5, 0.6) is 0 Å². The van der Waals surface area contributed by atoms with E-state index >= 15 is 0 Å². The minimum absolute atomic E-state index is 0.172. The van der Waals surface area contributed by atoms with Crippen molar-refractivity contribution in [1.82, 2.24) is 0 Å². The summed E-state index contributed by atoms with van der Waals surface area (Å²) in [5, 5.41) is 5.13. The van der Waals surface area contributed by atoms with Crippen molar-refractivity contribution in [2.75, 3.05) is 0 Å². The van der Waals surface area contributed by atoms with Gasteiger partial charge in [0.2, 0.25) is 0 Å². The van der Waals surface area contributed by atoms with Crippen molar-refractivity contribution >= 4 is 28.8 Å². The number of hydrogen-bond acceptors (Lipinski definition) is 1. The second kappa shape index (κ2) is 10.2. The third-order valence-electron chi connectivity index (χ3n) is 7.17. The molecule has 1 nitrogen and oxygen atoms in total. The molecule has 4 aromatic carbocycles. The van der Waals surface area contributed by atoms with Crippen molar-refractivity contribution in [3.05, 3.63) is 156 Å². The summed E-state index contributed by atoms with van der Waals surface area (Å²) in [6.07, 6.45) is 9.57. The van der Waals surface area contributed by atoms with Crippen LogP contribution in [0, 0.1) is 0 Å². The molecule has 0 radical (unpaired) electrons. The van der Waals surface area contributed by atoms with E-state index in [0.717, 1.165) is 6.42 Å². The van der Waals surface area contributed by atoms with E-state index in [0.29, 0.717) is 0 Å². The summed E-state index contributed by atoms with van der Waals surface area (Å²) in [6, 6.07) is 43.3. The van der Waals surface area contributed by atoms with Gasteiger partial charge in [-0.15, -0.1) is 0 Å². The monoisotopic (exact) mass is 488 g/mol. The van der Waals surface area contributed by atoms with Crippen LogP contribution in [0.4, 0.5) is 0 Å². The summed E-state index contributed by atoms with van der Waals surface area (Å²) in [6.45, 7) is 0.881. The van der Waals surface area contributed by atoms with E-state index in [9.17, 15) is 0 Å². The molecule has 1 heterocycles. The fraction of sp³-hybridized carbons (Fsp3) is 0.118. The van der Waals surface area contributed by atoms with Crippen LogP contribution >= 0.6 is 6.83 Å². The van der Waals surface area contributed by atoms with Gasteiger partial charge >= 0.3 is 216 Å². The van der Waals surface area contributed by atoms with Crippen LogP contribution in [-0.4, -0.2) is 6.10 Å². The Morgan fingerprint density at radius 3 is 1.50 bits per heavy atom. The SMILES string of the molecule is CC=CC1=C(CC)P(c2ccccc2)(c2ccccc2)(c2ccccc2)OC1C=Cc1ccccc1. The van der Waals surface area contributed by atoms with Crippen LogP contribution in [0.3, 0.4) is 0 Å². The van der Waals surface area contributed by atoms with Crippen LogP contribution < -0.4 is 15.9 Å². The van der Waals surface area contributed by atoms with Crippen molar-refractivity contribution < 1.29 is 4.52 Å². The van der Waals surface area contributed by atoms with Gasteiger partial charge in [-0.25, -0.2) is 0 Å². The molecule has 36 heavy (non-hydrogen) atoms. The van der Waals surface area contributed by atoms with Gasteiger partial charge in [-0.05, 0) is 0 Å². The maximum atomic E-state index is 7.70. The van der Waals surface area contributed by atoms with Crippen molar-refractivity contribution in [1.29, 1.82) is 0 Å². The summed E-state index contributed by atoms with van der Waals surface area (Å²) >= 11 is 0. The molecule has 5 rings (SSSR count). The molecule has 1 aliphatic rings. The quantitative estimate of drug-likeness (QED) is 0.241. The maximum absolute atomic E-state index is 7.70. The molecule has 1 atom stereocenters. The van der Waals surface area contributed by atoms with E-state index in [2.05, 4.69) is 159 Å². The zero-order chi connectivity index (χ0) is 24.9. The third kappa shape index (κ3) is 3.71. The predicted octanol–water partition coefficient (Wildman–Crippen LogP) is 7.78. The van der Waals surface area contributed by atoms with Gasteiger partial charge in [0.1, 0.15) is 0 Å². The molecule has 0 saturated heterocycles. The summed E-state index contributed by atoms with van der Waals surface area (Å²) < 4.78 is 7.70. The molecular weight excluding hydrogens is 455 g/mol. The molecule has 0 amide bonds. The zero-order valence-corrected chi connectivity index (χ0v) is 21.9. The number of hydrogen-bond donors (Lipinski definition) is 0. The van der Waals surface area contributed by atoms with E-state index < -0.39 is 6.83 Å². The van der Waals surface area contributed by atoms with Crippen LogP contribution in [0.15, 0.2) is 150 Å². The first-order valence-corrected chi connectivity index (χ1v) is 14.9. The first-order chi connectivity index (χ1) is 17.7. The molecular formula is C34H33OP. The zero-order valence-electron chi connectivity index (χ0n) is 21.0. The summed E-state index contributed by atoms with van der Waals surface area (Å²) in [4.78, 5) is 0. The Kier molecular flexibility index (Phi) is 6.88. The van der Waals surface area contributed by atoms with E-state index in [1.165, 1.54) is 32.4 Å². The summed E-state index contributed by atoms with van der Waals surface area (Å²) in [5.41, 5.74) is 2.44. The molecule has 1 aliphatic heterocycles. The average Bonchev–Trinajstić information content (AvgIpc) is 3.25. The summed E-state index contributed by atoms with van der Waals surface area (Å²) in [5.74, 6) is 0. The Bertz CT molecular complexity index is 1290. The Balaban J connectivity index is 1.90. The Hall–Kier alpha value is -3.51. The third-order valence-corrected chi connectivity index (χ3v) is 13.3. The van der Waals surface area contributed by atoms with E-state index in [1.807, 2.05) is 0 Å². The second-order valence-corrected chi connectivity index (χ2v) is 13.5. The molecule has 0 bridgehead atoms. The molecule has 1 unspecified atom stereocenters. The Morgan fingerprint density at radius 2 is 1.08 bits per heavy atom. The second-order valence-electron chi connectivity index (χ2n) is 9.09. The molecule has 2 heteroatoms. The van der Waals surface area contributed by atoms with E-state index in [4.69, 9.17) is 4.52 Å². The fourth-order valence-corrected chi connectivity index (χ4v) is 12.3. The Morgan fingerprint density at radius 1 is 0.639 bits per heavy atom. The van der Waals surface area contributed by atoms with Gasteiger partial charge in [0.05, 0.1) is 0 Å². The van der Waals surface area contributed by atoms with Crippen LogP contribution in [0.2, 0.25) is 0 Å². The van der Waals surface area contributed by atoms with Gasteiger partial charge in [0.15, 0.2) is 0 Å². The molecule has 0 aromatic heterocycles. The van der Waals surface area contributed by atoms with Gasteiger partial charge in [0, 0.05) is 0 Å². The van der Waals surface area contributed by atoms with Crippen molar-refractivity contribution in [3.63, 3.8) is 0 Å². The first kappa shape index (κ1) is 24.2. The van der Waals surface area contributed by atoms with Crippen molar-refractivity contribution in [2.24, 2.45) is 0 Å².